The lowest BCUT2D eigenvalue weighted by Gasteiger charge is -2.71. The van der Waals surface area contributed by atoms with Gasteiger partial charge in [-0.25, -0.2) is 0 Å². The van der Waals surface area contributed by atoms with Crippen molar-refractivity contribution in [2.45, 2.75) is 211 Å². The fourth-order valence-corrected chi connectivity index (χ4v) is 15.0. The van der Waals surface area contributed by atoms with Crippen LogP contribution in [0.2, 0.25) is 0 Å². The Kier molecular flexibility index (Phi) is 13.9. The molecule has 67 heavy (non-hydrogen) atoms. The van der Waals surface area contributed by atoms with Crippen molar-refractivity contribution in [1.82, 2.24) is 0 Å². The van der Waals surface area contributed by atoms with E-state index in [2.05, 4.69) is 40.7 Å². The van der Waals surface area contributed by atoms with Crippen LogP contribution in [0.3, 0.4) is 0 Å². The zero-order valence-corrected chi connectivity index (χ0v) is 39.7. The first-order chi connectivity index (χ1) is 31.3. The van der Waals surface area contributed by atoms with E-state index in [0.717, 1.165) is 18.3 Å². The smallest absolute Gasteiger partial charge is 0.315 e. The van der Waals surface area contributed by atoms with Crippen LogP contribution in [0.1, 0.15) is 106 Å². The molecule has 19 nitrogen and oxygen atoms in total. The standard InChI is InChI=1S/C48H76O19/c1-21-29(53)32(56)35(59)39(62-21)65-37-34(58)31(55)26(19-50)64-41(37)66-38-24(52)17-44(4)27(45(38,5)20-51)10-11-47(7)28(44)9-8-22-23-16-43(2,3)12-14-48(23,15-13-46(22,47)6)42(61)67-40-36(60)33(57)30(54)25(18-49)63-40/h8,20-21,23-41,49-50,52-60H,9-19H2,1-7H3. The number of aliphatic hydroxyl groups excluding tert-OH is 11. The minimum Gasteiger partial charge on any atom is -0.432 e. The molecule has 3 saturated heterocycles. The zero-order valence-electron chi connectivity index (χ0n) is 39.7. The Balaban J connectivity index is 1.08. The molecule has 3 heterocycles. The van der Waals surface area contributed by atoms with Crippen molar-refractivity contribution in [3.8, 4) is 0 Å². The summed E-state index contributed by atoms with van der Waals surface area (Å²) < 4.78 is 35.7. The van der Waals surface area contributed by atoms with Crippen LogP contribution in [0.5, 0.6) is 0 Å². The molecule has 3 aliphatic heterocycles. The van der Waals surface area contributed by atoms with Crippen LogP contribution in [-0.4, -0.2) is 186 Å². The largest absolute Gasteiger partial charge is 0.432 e. The lowest BCUT2D eigenvalue weighted by Crippen LogP contribution is -2.69. The van der Waals surface area contributed by atoms with Crippen LogP contribution in [0.15, 0.2) is 11.6 Å². The molecule has 7 fully saturated rings. The van der Waals surface area contributed by atoms with Crippen molar-refractivity contribution in [2.24, 2.45) is 50.2 Å². The number of allylic oxidation sites excluding steroid dienone is 2. The van der Waals surface area contributed by atoms with Crippen molar-refractivity contribution in [2.75, 3.05) is 13.2 Å². The number of fused-ring (bicyclic) bond motifs is 7. The number of esters is 1. The summed E-state index contributed by atoms with van der Waals surface area (Å²) in [6.07, 6.45) is -17.9. The highest BCUT2D eigenvalue weighted by atomic mass is 16.8. The molecule has 8 rings (SSSR count). The molecule has 0 aromatic heterocycles. The number of ether oxygens (including phenoxy) is 6. The van der Waals surface area contributed by atoms with E-state index >= 15 is 0 Å². The number of carbonyl (C=O) groups excluding carboxylic acids is 2. The normalized spacial score (nSPS) is 55.2. The summed E-state index contributed by atoms with van der Waals surface area (Å²) in [5.74, 6) is -1.20. The van der Waals surface area contributed by atoms with E-state index in [1.807, 2.05) is 0 Å². The molecule has 4 saturated carbocycles. The molecule has 0 amide bonds. The van der Waals surface area contributed by atoms with Gasteiger partial charge in [-0.15, -0.1) is 0 Å². The van der Waals surface area contributed by atoms with Crippen LogP contribution in [0.25, 0.3) is 0 Å². The third-order valence-electron chi connectivity index (χ3n) is 19.2. The molecule has 0 bridgehead atoms. The Labute approximate surface area is 391 Å². The Hall–Kier alpha value is -1.76. The Morgan fingerprint density at radius 1 is 0.687 bits per heavy atom. The second-order valence-electron chi connectivity index (χ2n) is 23.3. The van der Waals surface area contributed by atoms with E-state index in [1.54, 1.807) is 6.92 Å². The van der Waals surface area contributed by atoms with Crippen molar-refractivity contribution >= 4 is 12.3 Å². The fraction of sp³-hybridized carbons (Fsp3) is 0.917. The Morgan fingerprint density at radius 2 is 1.28 bits per heavy atom. The van der Waals surface area contributed by atoms with Crippen LogP contribution in [-0.2, 0) is 38.0 Å². The summed E-state index contributed by atoms with van der Waals surface area (Å²) in [5.41, 5.74) is -2.77. The number of hydrogen-bond donors (Lipinski definition) is 11. The van der Waals surface area contributed by atoms with Gasteiger partial charge < -0.3 is 89.4 Å². The molecule has 382 valence electrons. The monoisotopic (exact) mass is 956 g/mol. The first-order valence-electron chi connectivity index (χ1n) is 24.3. The van der Waals surface area contributed by atoms with Gasteiger partial charge in [0.25, 0.3) is 0 Å². The molecule has 25 unspecified atom stereocenters. The number of carbonyl (C=O) groups is 2. The molecule has 0 aromatic rings. The topological polar surface area (TPSA) is 312 Å². The molecule has 11 N–H and O–H groups in total. The van der Waals surface area contributed by atoms with E-state index in [0.29, 0.717) is 44.9 Å². The fourth-order valence-electron chi connectivity index (χ4n) is 15.0. The first-order valence-corrected chi connectivity index (χ1v) is 24.3. The number of rotatable bonds is 9. The summed E-state index contributed by atoms with van der Waals surface area (Å²) >= 11 is 0. The van der Waals surface area contributed by atoms with Crippen molar-refractivity contribution in [1.29, 1.82) is 0 Å². The second kappa shape index (κ2) is 18.1. The average Bonchev–Trinajstić information content (AvgIpc) is 3.28. The highest BCUT2D eigenvalue weighted by Crippen LogP contribution is 2.76. The lowest BCUT2D eigenvalue weighted by molar-refractivity contribution is -0.379. The number of hydrogen-bond acceptors (Lipinski definition) is 19. The van der Waals surface area contributed by atoms with Crippen molar-refractivity contribution in [3.05, 3.63) is 11.6 Å². The summed E-state index contributed by atoms with van der Waals surface area (Å²) in [7, 11) is 0. The zero-order chi connectivity index (χ0) is 49.1. The molecule has 0 radical (unpaired) electrons. The van der Waals surface area contributed by atoms with Gasteiger partial charge in [0.1, 0.15) is 73.4 Å². The van der Waals surface area contributed by atoms with Crippen LogP contribution in [0, 0.1) is 50.2 Å². The molecule has 8 aliphatic rings. The predicted octanol–water partition coefficient (Wildman–Crippen LogP) is -0.682. The van der Waals surface area contributed by atoms with Gasteiger partial charge in [-0.3, -0.25) is 4.79 Å². The average molecular weight is 957 g/mol. The quantitative estimate of drug-likeness (QED) is 0.0590. The van der Waals surface area contributed by atoms with E-state index in [-0.39, 0.29) is 35.0 Å². The Morgan fingerprint density at radius 3 is 1.93 bits per heavy atom. The highest BCUT2D eigenvalue weighted by molar-refractivity contribution is 5.79. The van der Waals surface area contributed by atoms with Gasteiger partial charge in [-0.05, 0) is 104 Å². The summed E-state index contributed by atoms with van der Waals surface area (Å²) in [5, 5.41) is 118. The van der Waals surface area contributed by atoms with E-state index in [1.165, 1.54) is 6.92 Å². The van der Waals surface area contributed by atoms with E-state index < -0.39 is 145 Å². The van der Waals surface area contributed by atoms with Crippen molar-refractivity contribution < 1.29 is 94.2 Å². The molecule has 5 aliphatic carbocycles. The maximum atomic E-state index is 14.7. The van der Waals surface area contributed by atoms with Crippen LogP contribution >= 0.6 is 0 Å². The predicted molar refractivity (Wildman–Crippen MR) is 231 cm³/mol. The summed E-state index contributed by atoms with van der Waals surface area (Å²) in [6, 6.07) is 0. The van der Waals surface area contributed by atoms with E-state index in [4.69, 9.17) is 28.4 Å². The molecular weight excluding hydrogens is 881 g/mol. The van der Waals surface area contributed by atoms with Gasteiger partial charge in [-0.2, -0.15) is 0 Å². The molecule has 0 aromatic carbocycles. The van der Waals surface area contributed by atoms with Gasteiger partial charge in [0.05, 0.1) is 42.4 Å². The van der Waals surface area contributed by atoms with Crippen molar-refractivity contribution in [3.63, 3.8) is 0 Å². The second-order valence-corrected chi connectivity index (χ2v) is 23.3. The summed E-state index contributed by atoms with van der Waals surface area (Å²) in [6.45, 7) is 12.9. The summed E-state index contributed by atoms with van der Waals surface area (Å²) in [4.78, 5) is 28.4. The maximum absolute atomic E-state index is 14.7. The molecule has 25 atom stereocenters. The molecule has 0 spiro atoms. The maximum Gasteiger partial charge on any atom is 0.315 e. The third kappa shape index (κ3) is 7.92. The molecular formula is C48H76O19. The SMILES string of the molecule is CC1OC(OC2C(OC3C(O)CC4(C)C(CCC5(C)C4CC=C4C6CC(C)(C)CCC6(C(=O)OC6OC(CO)C(O)C(O)C6O)CCC45C)C3(C)C=O)OC(CO)C(O)C2O)C(O)C(O)C1O. The number of aliphatic hydroxyl groups is 11. The molecule has 19 heteroatoms. The minimum absolute atomic E-state index is 0.0565. The van der Waals surface area contributed by atoms with Gasteiger partial charge >= 0.3 is 5.97 Å². The lowest BCUT2D eigenvalue weighted by atomic mass is 9.33. The first kappa shape index (κ1) is 51.6. The highest BCUT2D eigenvalue weighted by Gasteiger charge is 2.72. The van der Waals surface area contributed by atoms with Gasteiger partial charge in [0, 0.05) is 0 Å². The van der Waals surface area contributed by atoms with Crippen LogP contribution in [0.4, 0.5) is 0 Å². The third-order valence-corrected chi connectivity index (χ3v) is 19.2. The van der Waals surface area contributed by atoms with Gasteiger partial charge in [-0.1, -0.05) is 53.2 Å². The number of aldehydes is 1. The minimum atomic E-state index is -1.79. The van der Waals surface area contributed by atoms with Gasteiger partial charge in [0.2, 0.25) is 6.29 Å². The van der Waals surface area contributed by atoms with Crippen LogP contribution < -0.4 is 0 Å². The Bertz CT molecular complexity index is 1870. The van der Waals surface area contributed by atoms with E-state index in [9.17, 15) is 65.8 Å². The van der Waals surface area contributed by atoms with Gasteiger partial charge in [0.15, 0.2) is 12.6 Å².